The highest BCUT2D eigenvalue weighted by Gasteiger charge is 2.25. The molecule has 0 radical (unpaired) electrons. The van der Waals surface area contributed by atoms with Crippen LogP contribution in [0.4, 0.5) is 15.4 Å². The molecule has 0 spiro atoms. The van der Waals surface area contributed by atoms with Gasteiger partial charge in [0, 0.05) is 26.2 Å². The van der Waals surface area contributed by atoms with Crippen LogP contribution < -0.4 is 4.90 Å². The molecule has 0 bridgehead atoms. The van der Waals surface area contributed by atoms with Crippen molar-refractivity contribution in [2.45, 2.75) is 59.2 Å². The summed E-state index contributed by atoms with van der Waals surface area (Å²) in [4.78, 5) is 37.7. The van der Waals surface area contributed by atoms with Gasteiger partial charge in [-0.25, -0.2) is 24.1 Å². The first-order valence-electron chi connectivity index (χ1n) is 10.2. The SMILES string of the molecule is CC(C)(C)OC(=O)N1CCCN(c2ccc3ncn(C(=O)OC(C)(C)C)c3n2)CC1. The molecular formula is C21H31N5O4. The van der Waals surface area contributed by atoms with E-state index in [4.69, 9.17) is 9.47 Å². The minimum Gasteiger partial charge on any atom is -0.444 e. The van der Waals surface area contributed by atoms with Crippen LogP contribution in [-0.2, 0) is 9.47 Å². The van der Waals surface area contributed by atoms with Gasteiger partial charge in [0.2, 0.25) is 0 Å². The van der Waals surface area contributed by atoms with Crippen molar-refractivity contribution in [1.82, 2.24) is 19.4 Å². The van der Waals surface area contributed by atoms with E-state index in [9.17, 15) is 9.59 Å². The monoisotopic (exact) mass is 417 g/mol. The zero-order valence-electron chi connectivity index (χ0n) is 18.6. The third-order valence-corrected chi connectivity index (χ3v) is 4.44. The molecule has 2 aromatic heterocycles. The Hall–Kier alpha value is -2.84. The van der Waals surface area contributed by atoms with E-state index in [0.29, 0.717) is 30.8 Å². The van der Waals surface area contributed by atoms with Crippen molar-refractivity contribution in [3.05, 3.63) is 18.5 Å². The smallest absolute Gasteiger partial charge is 0.421 e. The van der Waals surface area contributed by atoms with E-state index >= 15 is 0 Å². The maximum atomic E-state index is 12.5. The number of rotatable bonds is 1. The summed E-state index contributed by atoms with van der Waals surface area (Å²) < 4.78 is 12.3. The molecule has 0 aromatic carbocycles. The molecule has 0 saturated carbocycles. The predicted molar refractivity (Wildman–Crippen MR) is 114 cm³/mol. The van der Waals surface area contributed by atoms with Crippen LogP contribution in [0.5, 0.6) is 0 Å². The number of amides is 1. The lowest BCUT2D eigenvalue weighted by molar-refractivity contribution is 0.0263. The number of pyridine rings is 1. The van der Waals surface area contributed by atoms with E-state index in [1.165, 1.54) is 10.9 Å². The fraction of sp³-hybridized carbons (Fsp3) is 0.619. The van der Waals surface area contributed by atoms with E-state index in [1.807, 2.05) is 53.7 Å². The molecule has 3 heterocycles. The van der Waals surface area contributed by atoms with E-state index in [0.717, 1.165) is 18.8 Å². The summed E-state index contributed by atoms with van der Waals surface area (Å²) >= 11 is 0. The van der Waals surface area contributed by atoms with Crippen LogP contribution >= 0.6 is 0 Å². The molecule has 0 N–H and O–H groups in total. The molecule has 30 heavy (non-hydrogen) atoms. The maximum absolute atomic E-state index is 12.5. The zero-order chi connectivity index (χ0) is 22.1. The van der Waals surface area contributed by atoms with Crippen molar-refractivity contribution in [2.24, 2.45) is 0 Å². The summed E-state index contributed by atoms with van der Waals surface area (Å²) in [6.45, 7) is 13.6. The minimum atomic E-state index is -0.610. The number of anilines is 1. The van der Waals surface area contributed by atoms with Gasteiger partial charge in [0.05, 0.1) is 0 Å². The third kappa shape index (κ3) is 5.40. The van der Waals surface area contributed by atoms with Crippen molar-refractivity contribution < 1.29 is 19.1 Å². The molecular weight excluding hydrogens is 386 g/mol. The second-order valence-corrected chi connectivity index (χ2v) is 9.42. The van der Waals surface area contributed by atoms with E-state index in [2.05, 4.69) is 14.9 Å². The van der Waals surface area contributed by atoms with Gasteiger partial charge >= 0.3 is 12.2 Å². The average Bonchev–Trinajstić information content (AvgIpc) is 2.86. The molecule has 3 rings (SSSR count). The lowest BCUT2D eigenvalue weighted by Crippen LogP contribution is -2.39. The number of imidazole rings is 1. The van der Waals surface area contributed by atoms with Crippen molar-refractivity contribution in [1.29, 1.82) is 0 Å². The number of carbonyl (C=O) groups excluding carboxylic acids is 2. The lowest BCUT2D eigenvalue weighted by atomic mass is 10.2. The van der Waals surface area contributed by atoms with Crippen molar-refractivity contribution in [2.75, 3.05) is 31.1 Å². The van der Waals surface area contributed by atoms with E-state index in [1.54, 1.807) is 4.90 Å². The summed E-state index contributed by atoms with van der Waals surface area (Å²) in [7, 11) is 0. The van der Waals surface area contributed by atoms with Crippen LogP contribution in [0.2, 0.25) is 0 Å². The second-order valence-electron chi connectivity index (χ2n) is 9.42. The summed E-state index contributed by atoms with van der Waals surface area (Å²) in [5, 5.41) is 0. The molecule has 1 aliphatic rings. The van der Waals surface area contributed by atoms with Crippen molar-refractivity contribution >= 4 is 29.2 Å². The molecule has 1 saturated heterocycles. The zero-order valence-corrected chi connectivity index (χ0v) is 18.6. The van der Waals surface area contributed by atoms with E-state index in [-0.39, 0.29) is 6.09 Å². The first-order valence-corrected chi connectivity index (χ1v) is 10.2. The van der Waals surface area contributed by atoms with Crippen LogP contribution in [0.1, 0.15) is 48.0 Å². The van der Waals surface area contributed by atoms with E-state index < -0.39 is 17.3 Å². The normalized spacial score (nSPS) is 15.8. The first-order chi connectivity index (χ1) is 13.9. The van der Waals surface area contributed by atoms with Crippen LogP contribution in [-0.4, -0.2) is 69.0 Å². The number of hydrogen-bond donors (Lipinski definition) is 0. The summed E-state index contributed by atoms with van der Waals surface area (Å²) in [6.07, 6.45) is 1.42. The lowest BCUT2D eigenvalue weighted by Gasteiger charge is -2.26. The average molecular weight is 418 g/mol. The first kappa shape index (κ1) is 21.9. The Kier molecular flexibility index (Phi) is 5.92. The Morgan fingerprint density at radius 1 is 0.900 bits per heavy atom. The fourth-order valence-electron chi connectivity index (χ4n) is 3.16. The number of nitrogens with zero attached hydrogens (tertiary/aromatic N) is 5. The third-order valence-electron chi connectivity index (χ3n) is 4.44. The van der Waals surface area contributed by atoms with Crippen LogP contribution in [0.3, 0.4) is 0 Å². The summed E-state index contributed by atoms with van der Waals surface area (Å²) in [5.74, 6) is 0.735. The van der Waals surface area contributed by atoms with Crippen LogP contribution in [0, 0.1) is 0 Å². The largest absolute Gasteiger partial charge is 0.444 e. The molecule has 164 valence electrons. The van der Waals surface area contributed by atoms with Gasteiger partial charge in [0.15, 0.2) is 5.65 Å². The Bertz CT molecular complexity index is 926. The molecule has 0 unspecified atom stereocenters. The Morgan fingerprint density at radius 3 is 2.23 bits per heavy atom. The van der Waals surface area contributed by atoms with Gasteiger partial charge in [0.1, 0.15) is 28.9 Å². The molecule has 1 fully saturated rings. The highest BCUT2D eigenvalue weighted by atomic mass is 16.6. The van der Waals surface area contributed by atoms with Gasteiger partial charge < -0.3 is 19.3 Å². The number of fused-ring (bicyclic) bond motifs is 1. The number of aromatic nitrogens is 3. The van der Waals surface area contributed by atoms with Gasteiger partial charge in [-0.15, -0.1) is 0 Å². The summed E-state index contributed by atoms with van der Waals surface area (Å²) in [5.41, 5.74) is -0.0541. The van der Waals surface area contributed by atoms with Crippen LogP contribution in [0.25, 0.3) is 11.2 Å². The van der Waals surface area contributed by atoms with Crippen molar-refractivity contribution in [3.8, 4) is 0 Å². The number of carbonyl (C=O) groups is 2. The molecule has 9 heteroatoms. The molecule has 0 aliphatic carbocycles. The fourth-order valence-corrected chi connectivity index (χ4v) is 3.16. The van der Waals surface area contributed by atoms with Gasteiger partial charge in [0.25, 0.3) is 0 Å². The molecule has 0 atom stereocenters. The predicted octanol–water partition coefficient (Wildman–Crippen LogP) is 3.66. The maximum Gasteiger partial charge on any atom is 0.421 e. The molecule has 1 aliphatic heterocycles. The minimum absolute atomic E-state index is 0.296. The van der Waals surface area contributed by atoms with Gasteiger partial charge in [-0.05, 0) is 60.1 Å². The molecule has 1 amide bonds. The molecule has 2 aromatic rings. The Balaban J connectivity index is 1.76. The van der Waals surface area contributed by atoms with Crippen LogP contribution in [0.15, 0.2) is 18.5 Å². The standard InChI is InChI=1S/C21H31N5O4/c1-20(2,3)29-18(27)25-11-7-10-24(12-13-25)16-9-8-15-17(23-16)26(14-22-15)19(28)30-21(4,5)6/h8-9,14H,7,10-13H2,1-6H3. The van der Waals surface area contributed by atoms with Gasteiger partial charge in [-0.1, -0.05) is 0 Å². The number of ether oxygens (including phenoxy) is 2. The highest BCUT2D eigenvalue weighted by molar-refractivity contribution is 5.85. The number of hydrogen-bond acceptors (Lipinski definition) is 7. The highest BCUT2D eigenvalue weighted by Crippen LogP contribution is 2.21. The topological polar surface area (TPSA) is 89.8 Å². The molecule has 9 nitrogen and oxygen atoms in total. The quantitative estimate of drug-likeness (QED) is 0.699. The van der Waals surface area contributed by atoms with Gasteiger partial charge in [-0.3, -0.25) is 0 Å². The second kappa shape index (κ2) is 8.12. The van der Waals surface area contributed by atoms with Crippen molar-refractivity contribution in [3.63, 3.8) is 0 Å². The van der Waals surface area contributed by atoms with Gasteiger partial charge in [-0.2, -0.15) is 0 Å². The Morgan fingerprint density at radius 2 is 1.57 bits per heavy atom. The summed E-state index contributed by atoms with van der Waals surface area (Å²) in [6, 6.07) is 3.73. The Labute approximate surface area is 177 Å².